The number of carbonyl (C=O) groups excluding carboxylic acids is 2. The van der Waals surface area contributed by atoms with Crippen LogP contribution >= 0.6 is 8.09 Å². The van der Waals surface area contributed by atoms with Crippen LogP contribution in [-0.2, 0) is 28.2 Å². The van der Waals surface area contributed by atoms with Crippen molar-refractivity contribution in [2.75, 3.05) is 26.8 Å². The van der Waals surface area contributed by atoms with E-state index in [1.165, 1.54) is 7.11 Å². The van der Waals surface area contributed by atoms with Gasteiger partial charge in [-0.3, -0.25) is 14.5 Å². The first-order valence-corrected chi connectivity index (χ1v) is 10.8. The second kappa shape index (κ2) is 9.40. The highest BCUT2D eigenvalue weighted by molar-refractivity contribution is 7.58. The van der Waals surface area contributed by atoms with E-state index in [0.29, 0.717) is 0 Å². The van der Waals surface area contributed by atoms with Crippen molar-refractivity contribution in [1.82, 2.24) is 15.3 Å². The van der Waals surface area contributed by atoms with E-state index in [9.17, 15) is 34.3 Å². The lowest BCUT2D eigenvalue weighted by Crippen LogP contribution is -2.52. The van der Waals surface area contributed by atoms with Gasteiger partial charge in [0.1, 0.15) is 12.6 Å². The smallest absolute Gasteiger partial charge is 0.480 e. The molecule has 2 rings (SSSR count). The first-order chi connectivity index (χ1) is 13.9. The lowest BCUT2D eigenvalue weighted by molar-refractivity contribution is -0.143. The molecule has 30 heavy (non-hydrogen) atoms. The van der Waals surface area contributed by atoms with Crippen LogP contribution in [0, 0.1) is 5.41 Å². The van der Waals surface area contributed by atoms with Gasteiger partial charge in [0.2, 0.25) is 0 Å². The van der Waals surface area contributed by atoms with Crippen molar-refractivity contribution in [3.05, 3.63) is 0 Å². The molecule has 2 heterocycles. The third kappa shape index (κ3) is 5.76. The van der Waals surface area contributed by atoms with E-state index in [2.05, 4.69) is 15.1 Å². The molecule has 13 nitrogen and oxygen atoms in total. The summed E-state index contributed by atoms with van der Waals surface area (Å²) in [6, 6.07) is -2.02. The number of nitrogens with one attached hydrogen (secondary N) is 2. The van der Waals surface area contributed by atoms with Crippen molar-refractivity contribution in [3.63, 3.8) is 0 Å². The van der Waals surface area contributed by atoms with Crippen LogP contribution in [0.3, 0.4) is 0 Å². The number of carbonyl (C=O) groups is 4. The highest BCUT2D eigenvalue weighted by Gasteiger charge is 2.59. The van der Waals surface area contributed by atoms with Crippen LogP contribution in [0.25, 0.3) is 0 Å². The largest absolute Gasteiger partial charge is 0.500 e. The summed E-state index contributed by atoms with van der Waals surface area (Å²) in [6.07, 6.45) is -2.66. The minimum Gasteiger partial charge on any atom is -0.480 e. The van der Waals surface area contributed by atoms with Crippen molar-refractivity contribution in [2.45, 2.75) is 44.9 Å². The summed E-state index contributed by atoms with van der Waals surface area (Å²) in [5.41, 5.74) is -0.810. The second-order valence-electron chi connectivity index (χ2n) is 7.74. The number of rotatable bonds is 7. The maximum absolute atomic E-state index is 12.6. The van der Waals surface area contributed by atoms with Gasteiger partial charge in [-0.15, -0.1) is 9.61 Å². The van der Waals surface area contributed by atoms with Crippen LogP contribution in [-0.4, -0.2) is 88.9 Å². The molecule has 5 N–H and O–H groups in total. The predicted octanol–water partition coefficient (Wildman–Crippen LogP) is -0.428. The van der Waals surface area contributed by atoms with Gasteiger partial charge in [-0.05, 0) is 6.42 Å². The summed E-state index contributed by atoms with van der Waals surface area (Å²) < 4.78 is 15.5. The molecule has 1 unspecified atom stereocenters. The van der Waals surface area contributed by atoms with Gasteiger partial charge in [-0.2, -0.15) is 9.42 Å². The van der Waals surface area contributed by atoms with Gasteiger partial charge in [-0.25, -0.2) is 9.59 Å². The fraction of sp³-hybridized carbons (Fsp3) is 0.750. The van der Waals surface area contributed by atoms with Crippen LogP contribution in [0.2, 0.25) is 0 Å². The molecule has 0 aliphatic carbocycles. The molecule has 2 saturated heterocycles. The molecule has 2 fully saturated rings. The Hall–Kier alpha value is -2.05. The number of ether oxygens (including phenoxy) is 1. The van der Waals surface area contributed by atoms with Gasteiger partial charge in [0.25, 0.3) is 5.91 Å². The van der Waals surface area contributed by atoms with E-state index < -0.39 is 55.6 Å². The lowest BCUT2D eigenvalue weighted by Gasteiger charge is -2.37. The van der Waals surface area contributed by atoms with E-state index in [1.807, 2.05) is 0 Å². The quantitative estimate of drug-likeness (QED) is 0.249. The Balaban J connectivity index is 2.03. The maximum atomic E-state index is 12.6. The number of methoxy groups -OCH3 is 1. The van der Waals surface area contributed by atoms with Crippen LogP contribution in [0.4, 0.5) is 4.79 Å². The summed E-state index contributed by atoms with van der Waals surface area (Å²) in [7, 11) is -2.56. The fourth-order valence-corrected chi connectivity index (χ4v) is 5.22. The third-order valence-electron chi connectivity index (χ3n) is 4.84. The average Bonchev–Trinajstić information content (AvgIpc) is 3.08. The van der Waals surface area contributed by atoms with Crippen LogP contribution in [0.5, 0.6) is 0 Å². The van der Waals surface area contributed by atoms with E-state index in [1.54, 1.807) is 13.8 Å². The normalized spacial score (nSPS) is 30.5. The van der Waals surface area contributed by atoms with Crippen molar-refractivity contribution < 1.29 is 48.1 Å². The Morgan fingerprint density at radius 1 is 1.27 bits per heavy atom. The number of carboxylic acids is 1. The van der Waals surface area contributed by atoms with E-state index in [4.69, 9.17) is 9.05 Å². The Bertz CT molecular complexity index is 683. The monoisotopic (exact) mass is 452 g/mol. The number of hydrogen-bond acceptors (Lipinski definition) is 9. The summed E-state index contributed by atoms with van der Waals surface area (Å²) in [4.78, 5) is 57.8. The van der Waals surface area contributed by atoms with Gasteiger partial charge in [0.15, 0.2) is 6.10 Å². The van der Waals surface area contributed by atoms with E-state index in [-0.39, 0.29) is 32.5 Å². The molecule has 0 saturated carbocycles. The number of hydrogen-bond donors (Lipinski definition) is 5. The molecule has 0 bridgehead atoms. The number of aliphatic carboxylic acids is 1. The molecular formula is C16H27N3O10P+. The van der Waals surface area contributed by atoms with Gasteiger partial charge in [-0.1, -0.05) is 13.8 Å². The molecule has 170 valence electrons. The number of carboxylic acid groups (broad SMARTS) is 2. The summed E-state index contributed by atoms with van der Waals surface area (Å²) in [5, 5.41) is 23.6. The number of amides is 2. The van der Waals surface area contributed by atoms with Gasteiger partial charge >= 0.3 is 26.1 Å². The summed E-state index contributed by atoms with van der Waals surface area (Å²) in [6.45, 7) is 3.17. The number of esters is 1. The molecule has 2 aliphatic rings. The van der Waals surface area contributed by atoms with E-state index >= 15 is 0 Å². The molecule has 14 heteroatoms. The Labute approximate surface area is 173 Å². The van der Waals surface area contributed by atoms with Crippen molar-refractivity contribution in [2.24, 2.45) is 5.41 Å². The van der Waals surface area contributed by atoms with Crippen LogP contribution in [0.1, 0.15) is 26.7 Å². The van der Waals surface area contributed by atoms with Crippen molar-refractivity contribution in [3.8, 4) is 0 Å². The first kappa shape index (κ1) is 24.2. The topological polar surface area (TPSA) is 184 Å². The second-order valence-corrected chi connectivity index (χ2v) is 9.50. The zero-order chi connectivity index (χ0) is 22.7. The van der Waals surface area contributed by atoms with Crippen molar-refractivity contribution in [1.29, 1.82) is 0 Å². The molecule has 2 aliphatic heterocycles. The fourth-order valence-electron chi connectivity index (χ4n) is 3.20. The highest BCUT2D eigenvalue weighted by atomic mass is 31.2. The molecule has 0 aromatic heterocycles. The SMILES string of the molecule is COC(=O)CCNC(=O)[C@@H]1O[P+](O)(N[C@@H]2C[C@H](C(=O)O)N(C(=O)O)C2)OCC1(C)C. The molecule has 0 radical (unpaired) electrons. The molecule has 4 atom stereocenters. The van der Waals surface area contributed by atoms with Gasteiger partial charge < -0.3 is 20.3 Å². The molecule has 0 aromatic carbocycles. The number of likely N-dealkylation sites (tertiary alicyclic amines) is 1. The molecule has 0 aromatic rings. The van der Waals surface area contributed by atoms with E-state index in [0.717, 1.165) is 4.90 Å². The summed E-state index contributed by atoms with van der Waals surface area (Å²) in [5.74, 6) is -2.36. The molecule has 2 amide bonds. The first-order valence-electron chi connectivity index (χ1n) is 9.18. The third-order valence-corrected chi connectivity index (χ3v) is 6.51. The van der Waals surface area contributed by atoms with Crippen LogP contribution in [0.15, 0.2) is 0 Å². The minimum absolute atomic E-state index is 0.0170. The minimum atomic E-state index is -3.79. The zero-order valence-corrected chi connectivity index (χ0v) is 17.8. The van der Waals surface area contributed by atoms with Crippen molar-refractivity contribution >= 4 is 32.0 Å². The van der Waals surface area contributed by atoms with Gasteiger partial charge in [0.05, 0.1) is 19.6 Å². The number of nitrogens with zero attached hydrogens (tertiary/aromatic N) is 1. The average molecular weight is 452 g/mol. The Morgan fingerprint density at radius 3 is 2.47 bits per heavy atom. The molecular weight excluding hydrogens is 425 g/mol. The van der Waals surface area contributed by atoms with Gasteiger partial charge in [0, 0.05) is 18.5 Å². The Morgan fingerprint density at radius 2 is 1.93 bits per heavy atom. The lowest BCUT2D eigenvalue weighted by atomic mass is 9.87. The molecule has 0 spiro atoms. The highest BCUT2D eigenvalue weighted by Crippen LogP contribution is 2.60. The maximum Gasteiger partial charge on any atom is 0.500 e. The standard InChI is InChI=1S/C16H26N3O10P/c1-16(2)8-28-30(26,29-12(16)13(21)17-5-4-11(20)27-3)18-9-6-10(14(22)23)19(7-9)15(24)25/h9-10,12,18,26H,4-8H2,1-3H3,(H2-,17,21,22,23,24,25)/p+1/t9-,10-,12+,30?/m1/s1. The Kier molecular flexibility index (Phi) is 7.59. The predicted molar refractivity (Wildman–Crippen MR) is 101 cm³/mol. The zero-order valence-electron chi connectivity index (χ0n) is 16.9. The summed E-state index contributed by atoms with van der Waals surface area (Å²) >= 11 is 0. The van der Waals surface area contributed by atoms with Crippen LogP contribution < -0.4 is 10.4 Å².